The largest absolute Gasteiger partial charge is 0.376 e. The Morgan fingerprint density at radius 1 is 1.38 bits per heavy atom. The molecule has 0 amide bonds. The molecule has 0 fully saturated rings. The van der Waals surface area contributed by atoms with Crippen molar-refractivity contribution in [3.63, 3.8) is 0 Å². The van der Waals surface area contributed by atoms with Crippen LogP contribution in [0.2, 0.25) is 5.02 Å². The summed E-state index contributed by atoms with van der Waals surface area (Å²) < 4.78 is 0. The average molecular weight is 239 g/mol. The molecule has 0 atom stereocenters. The molecule has 0 radical (unpaired) electrons. The van der Waals surface area contributed by atoms with Gasteiger partial charge in [-0.1, -0.05) is 23.8 Å². The zero-order chi connectivity index (χ0) is 11.5. The van der Waals surface area contributed by atoms with Crippen LogP contribution in [0.1, 0.15) is 12.8 Å². The Labute approximate surface area is 98.1 Å². The lowest BCUT2D eigenvalue weighted by molar-refractivity contribution is -0.384. The maximum Gasteiger partial charge on any atom is 0.292 e. The van der Waals surface area contributed by atoms with Crippen LogP contribution in [0.3, 0.4) is 0 Å². The molecule has 1 aliphatic carbocycles. The fraction of sp³-hybridized carbons (Fsp3) is 0.273. The average Bonchev–Trinajstić information content (AvgIpc) is 2.70. The molecule has 4 nitrogen and oxygen atoms in total. The van der Waals surface area contributed by atoms with Crippen molar-refractivity contribution in [2.75, 3.05) is 5.32 Å². The fourth-order valence-corrected chi connectivity index (χ4v) is 1.91. The van der Waals surface area contributed by atoms with Crippen molar-refractivity contribution in [1.29, 1.82) is 0 Å². The van der Waals surface area contributed by atoms with Crippen molar-refractivity contribution in [2.45, 2.75) is 18.9 Å². The molecular weight excluding hydrogens is 228 g/mol. The van der Waals surface area contributed by atoms with E-state index < -0.39 is 4.92 Å². The van der Waals surface area contributed by atoms with Crippen LogP contribution in [0.4, 0.5) is 11.4 Å². The highest BCUT2D eigenvalue weighted by Crippen LogP contribution is 2.29. The second-order valence-corrected chi connectivity index (χ2v) is 4.14. The topological polar surface area (TPSA) is 55.2 Å². The van der Waals surface area contributed by atoms with Crippen LogP contribution >= 0.6 is 11.6 Å². The summed E-state index contributed by atoms with van der Waals surface area (Å²) >= 11 is 5.83. The highest BCUT2D eigenvalue weighted by molar-refractivity contribution is 6.31. The van der Waals surface area contributed by atoms with Crippen LogP contribution < -0.4 is 5.32 Å². The number of nitro benzene ring substituents is 1. The second kappa shape index (κ2) is 4.53. The molecule has 84 valence electrons. The predicted octanol–water partition coefficient (Wildman–Crippen LogP) is 3.38. The minimum atomic E-state index is -0.402. The SMILES string of the molecule is O=[N+]([O-])c1ccc(Cl)cc1NC1CC=CC1. The van der Waals surface area contributed by atoms with E-state index in [0.717, 1.165) is 12.8 Å². The summed E-state index contributed by atoms with van der Waals surface area (Å²) in [5.41, 5.74) is 0.558. The molecule has 0 spiro atoms. The molecule has 5 heteroatoms. The third kappa shape index (κ3) is 2.33. The Kier molecular flexibility index (Phi) is 3.10. The van der Waals surface area contributed by atoms with Gasteiger partial charge in [-0.2, -0.15) is 0 Å². The van der Waals surface area contributed by atoms with Crippen molar-refractivity contribution in [2.24, 2.45) is 0 Å². The first kappa shape index (κ1) is 11.0. The van der Waals surface area contributed by atoms with E-state index in [1.54, 1.807) is 6.07 Å². The number of halogens is 1. The Morgan fingerprint density at radius 3 is 2.69 bits per heavy atom. The summed E-state index contributed by atoms with van der Waals surface area (Å²) in [5, 5.41) is 14.5. The number of rotatable bonds is 3. The molecule has 0 aliphatic heterocycles. The lowest BCUT2D eigenvalue weighted by atomic mass is 10.2. The smallest absolute Gasteiger partial charge is 0.292 e. The van der Waals surface area contributed by atoms with Crippen LogP contribution in [0.5, 0.6) is 0 Å². The summed E-state index contributed by atoms with van der Waals surface area (Å²) in [7, 11) is 0. The summed E-state index contributed by atoms with van der Waals surface area (Å²) in [6, 6.07) is 4.78. The zero-order valence-electron chi connectivity index (χ0n) is 8.52. The first-order valence-electron chi connectivity index (χ1n) is 5.02. The van der Waals surface area contributed by atoms with E-state index in [0.29, 0.717) is 10.7 Å². The summed E-state index contributed by atoms with van der Waals surface area (Å²) in [5.74, 6) is 0. The normalized spacial score (nSPS) is 15.3. The standard InChI is InChI=1S/C11H11ClN2O2/c12-8-5-6-11(14(15)16)10(7-8)13-9-3-1-2-4-9/h1-2,5-7,9,13H,3-4H2. The van der Waals surface area contributed by atoms with Crippen LogP contribution in [-0.4, -0.2) is 11.0 Å². The minimum Gasteiger partial charge on any atom is -0.376 e. The number of nitrogens with one attached hydrogen (secondary N) is 1. The van der Waals surface area contributed by atoms with Gasteiger partial charge in [-0.3, -0.25) is 10.1 Å². The molecule has 2 rings (SSSR count). The molecule has 16 heavy (non-hydrogen) atoms. The van der Waals surface area contributed by atoms with Crippen LogP contribution in [0.25, 0.3) is 0 Å². The Bertz CT molecular complexity index is 438. The van der Waals surface area contributed by atoms with E-state index in [2.05, 4.69) is 17.5 Å². The molecule has 1 aromatic rings. The first-order valence-corrected chi connectivity index (χ1v) is 5.40. The van der Waals surface area contributed by atoms with E-state index in [9.17, 15) is 10.1 Å². The van der Waals surface area contributed by atoms with Gasteiger partial charge in [-0.05, 0) is 25.0 Å². The zero-order valence-corrected chi connectivity index (χ0v) is 9.28. The van der Waals surface area contributed by atoms with E-state index in [1.807, 2.05) is 0 Å². The predicted molar refractivity (Wildman–Crippen MR) is 63.9 cm³/mol. The van der Waals surface area contributed by atoms with Crippen LogP contribution in [0, 0.1) is 10.1 Å². The minimum absolute atomic E-state index is 0.0660. The van der Waals surface area contributed by atoms with Gasteiger partial charge in [0.05, 0.1) is 4.92 Å². The Morgan fingerprint density at radius 2 is 2.06 bits per heavy atom. The van der Waals surface area contributed by atoms with Crippen molar-refractivity contribution >= 4 is 23.0 Å². The number of nitro groups is 1. The lowest BCUT2D eigenvalue weighted by Crippen LogP contribution is -2.15. The van der Waals surface area contributed by atoms with Gasteiger partial charge in [0.15, 0.2) is 0 Å². The molecule has 0 bridgehead atoms. The maximum atomic E-state index is 10.8. The summed E-state index contributed by atoms with van der Waals surface area (Å²) in [6.45, 7) is 0. The summed E-state index contributed by atoms with van der Waals surface area (Å²) in [4.78, 5) is 10.4. The lowest BCUT2D eigenvalue weighted by Gasteiger charge is -2.13. The van der Waals surface area contributed by atoms with Gasteiger partial charge in [-0.15, -0.1) is 0 Å². The van der Waals surface area contributed by atoms with Gasteiger partial charge >= 0.3 is 0 Å². The van der Waals surface area contributed by atoms with Crippen molar-refractivity contribution in [3.8, 4) is 0 Å². The highest BCUT2D eigenvalue weighted by atomic mass is 35.5. The maximum absolute atomic E-state index is 10.8. The highest BCUT2D eigenvalue weighted by Gasteiger charge is 2.17. The Hall–Kier alpha value is -1.55. The van der Waals surface area contributed by atoms with Crippen LogP contribution in [0.15, 0.2) is 30.4 Å². The molecule has 0 heterocycles. The van der Waals surface area contributed by atoms with Gasteiger partial charge in [-0.25, -0.2) is 0 Å². The number of hydrogen-bond acceptors (Lipinski definition) is 3. The number of nitrogens with zero attached hydrogens (tertiary/aromatic N) is 1. The number of anilines is 1. The van der Waals surface area contributed by atoms with Gasteiger partial charge in [0.25, 0.3) is 5.69 Å². The monoisotopic (exact) mass is 238 g/mol. The van der Waals surface area contributed by atoms with Crippen LogP contribution in [-0.2, 0) is 0 Å². The van der Waals surface area contributed by atoms with E-state index in [4.69, 9.17) is 11.6 Å². The quantitative estimate of drug-likeness (QED) is 0.499. The van der Waals surface area contributed by atoms with Gasteiger partial charge in [0.1, 0.15) is 5.69 Å². The van der Waals surface area contributed by atoms with E-state index >= 15 is 0 Å². The van der Waals surface area contributed by atoms with Crippen molar-refractivity contribution < 1.29 is 4.92 Å². The van der Waals surface area contributed by atoms with E-state index in [1.165, 1.54) is 12.1 Å². The molecular formula is C11H11ClN2O2. The molecule has 0 saturated carbocycles. The van der Waals surface area contributed by atoms with E-state index in [-0.39, 0.29) is 11.7 Å². The third-order valence-electron chi connectivity index (χ3n) is 2.52. The molecule has 1 aromatic carbocycles. The molecule has 0 aromatic heterocycles. The Balaban J connectivity index is 2.23. The first-order chi connectivity index (χ1) is 7.66. The van der Waals surface area contributed by atoms with Crippen molar-refractivity contribution in [1.82, 2.24) is 0 Å². The van der Waals surface area contributed by atoms with Gasteiger partial charge < -0.3 is 5.32 Å². The van der Waals surface area contributed by atoms with Gasteiger partial charge in [0, 0.05) is 17.1 Å². The number of benzene rings is 1. The molecule has 1 N–H and O–H groups in total. The summed E-state index contributed by atoms with van der Waals surface area (Å²) in [6.07, 6.45) is 5.91. The molecule has 0 unspecified atom stereocenters. The third-order valence-corrected chi connectivity index (χ3v) is 2.76. The fourth-order valence-electron chi connectivity index (χ4n) is 1.74. The number of hydrogen-bond donors (Lipinski definition) is 1. The molecule has 0 saturated heterocycles. The van der Waals surface area contributed by atoms with Gasteiger partial charge in [0.2, 0.25) is 0 Å². The van der Waals surface area contributed by atoms with Crippen molar-refractivity contribution in [3.05, 3.63) is 45.5 Å². The second-order valence-electron chi connectivity index (χ2n) is 3.70. The molecule has 1 aliphatic rings.